The van der Waals surface area contributed by atoms with Crippen LogP contribution in [0.5, 0.6) is 11.5 Å². The van der Waals surface area contributed by atoms with E-state index in [0.29, 0.717) is 28.7 Å². The monoisotopic (exact) mass is 391 g/mol. The van der Waals surface area contributed by atoms with Crippen molar-refractivity contribution in [3.63, 3.8) is 0 Å². The minimum atomic E-state index is -0.462. The van der Waals surface area contributed by atoms with Gasteiger partial charge in [0.15, 0.2) is 11.5 Å². The van der Waals surface area contributed by atoms with Gasteiger partial charge in [0.1, 0.15) is 6.61 Å². The SMILES string of the molecule is CCOc1cc(/C=N\NC(C)=O)cc(Cl)c1OCc1ccc([N+](=O)[O-])cc1. The number of non-ortho nitro benzene ring substituents is 1. The maximum atomic E-state index is 10.9. The van der Waals surface area contributed by atoms with Crippen molar-refractivity contribution in [1.29, 1.82) is 0 Å². The van der Waals surface area contributed by atoms with Crippen LogP contribution >= 0.6 is 11.6 Å². The molecule has 1 N–H and O–H groups in total. The summed E-state index contributed by atoms with van der Waals surface area (Å²) in [6.07, 6.45) is 1.44. The fourth-order valence-corrected chi connectivity index (χ4v) is 2.41. The molecule has 0 spiro atoms. The molecule has 9 heteroatoms. The molecule has 0 aliphatic carbocycles. The van der Waals surface area contributed by atoms with Gasteiger partial charge in [0.25, 0.3) is 5.69 Å². The molecule has 2 rings (SSSR count). The third-order valence-corrected chi connectivity index (χ3v) is 3.58. The third kappa shape index (κ3) is 5.96. The van der Waals surface area contributed by atoms with Crippen LogP contribution in [0.15, 0.2) is 41.5 Å². The second-order valence-electron chi connectivity index (χ2n) is 5.40. The molecule has 0 atom stereocenters. The number of carbonyl (C=O) groups is 1. The zero-order valence-electron chi connectivity index (χ0n) is 14.8. The highest BCUT2D eigenvalue weighted by molar-refractivity contribution is 6.32. The van der Waals surface area contributed by atoms with E-state index in [-0.39, 0.29) is 18.2 Å². The van der Waals surface area contributed by atoms with E-state index in [0.717, 1.165) is 5.56 Å². The molecule has 0 aromatic heterocycles. The Kier molecular flexibility index (Phi) is 7.13. The molecule has 8 nitrogen and oxygen atoms in total. The molecule has 27 heavy (non-hydrogen) atoms. The maximum Gasteiger partial charge on any atom is 0.269 e. The Balaban J connectivity index is 2.18. The Labute approximate surface area is 160 Å². The van der Waals surface area contributed by atoms with Gasteiger partial charge in [-0.2, -0.15) is 5.10 Å². The first-order valence-electron chi connectivity index (χ1n) is 8.02. The van der Waals surface area contributed by atoms with Crippen LogP contribution in [0.1, 0.15) is 25.0 Å². The molecule has 0 radical (unpaired) electrons. The molecule has 0 saturated carbocycles. The average Bonchev–Trinajstić information content (AvgIpc) is 2.61. The van der Waals surface area contributed by atoms with Gasteiger partial charge >= 0.3 is 0 Å². The van der Waals surface area contributed by atoms with Gasteiger partial charge in [-0.25, -0.2) is 5.43 Å². The number of nitrogens with zero attached hydrogens (tertiary/aromatic N) is 2. The molecule has 0 fully saturated rings. The van der Waals surface area contributed by atoms with Gasteiger partial charge in [-0.3, -0.25) is 14.9 Å². The Morgan fingerprint density at radius 3 is 2.59 bits per heavy atom. The number of nitro groups is 1. The summed E-state index contributed by atoms with van der Waals surface area (Å²) in [6, 6.07) is 9.35. The standard InChI is InChI=1S/C18H18ClN3O5/c1-3-26-17-9-14(10-20-21-12(2)23)8-16(19)18(17)27-11-13-4-6-15(7-5-13)22(24)25/h4-10H,3,11H2,1-2H3,(H,21,23)/b20-10-. The molecule has 0 unspecified atom stereocenters. The topological polar surface area (TPSA) is 103 Å². The first-order chi connectivity index (χ1) is 12.9. The van der Waals surface area contributed by atoms with E-state index in [4.69, 9.17) is 21.1 Å². The van der Waals surface area contributed by atoms with Crippen molar-refractivity contribution >= 4 is 29.4 Å². The molecule has 2 aromatic carbocycles. The van der Waals surface area contributed by atoms with Crippen LogP contribution in [0, 0.1) is 10.1 Å². The lowest BCUT2D eigenvalue weighted by Gasteiger charge is -2.14. The zero-order chi connectivity index (χ0) is 19.8. The molecule has 0 saturated heterocycles. The number of hydrogen-bond donors (Lipinski definition) is 1. The van der Waals surface area contributed by atoms with Crippen molar-refractivity contribution in [3.8, 4) is 11.5 Å². The van der Waals surface area contributed by atoms with Crippen LogP contribution in [-0.4, -0.2) is 23.7 Å². The van der Waals surface area contributed by atoms with Gasteiger partial charge in [0.05, 0.1) is 22.8 Å². The number of nitro benzene ring substituents is 1. The molecule has 0 bridgehead atoms. The fraction of sp³-hybridized carbons (Fsp3) is 0.222. The summed E-state index contributed by atoms with van der Waals surface area (Å²) in [4.78, 5) is 21.1. The lowest BCUT2D eigenvalue weighted by Crippen LogP contribution is -2.12. The minimum Gasteiger partial charge on any atom is -0.490 e. The van der Waals surface area contributed by atoms with Crippen molar-refractivity contribution < 1.29 is 19.2 Å². The van der Waals surface area contributed by atoms with Gasteiger partial charge < -0.3 is 9.47 Å². The van der Waals surface area contributed by atoms with Gasteiger partial charge in [-0.05, 0) is 42.3 Å². The summed E-state index contributed by atoms with van der Waals surface area (Å²) in [5, 5.41) is 14.8. The molecule has 142 valence electrons. The largest absolute Gasteiger partial charge is 0.490 e. The van der Waals surface area contributed by atoms with Gasteiger partial charge in [0, 0.05) is 19.1 Å². The van der Waals surface area contributed by atoms with Crippen molar-refractivity contribution in [3.05, 3.63) is 62.7 Å². The van der Waals surface area contributed by atoms with Crippen LogP contribution in [0.3, 0.4) is 0 Å². The molecular weight excluding hydrogens is 374 g/mol. The summed E-state index contributed by atoms with van der Waals surface area (Å²) >= 11 is 6.30. The smallest absolute Gasteiger partial charge is 0.269 e. The van der Waals surface area contributed by atoms with E-state index in [2.05, 4.69) is 10.5 Å². The fourth-order valence-electron chi connectivity index (χ4n) is 2.13. The van der Waals surface area contributed by atoms with Gasteiger partial charge in [0.2, 0.25) is 5.91 Å². The minimum absolute atomic E-state index is 0.00889. The number of ether oxygens (including phenoxy) is 2. The van der Waals surface area contributed by atoms with Crippen molar-refractivity contribution in [2.45, 2.75) is 20.5 Å². The van der Waals surface area contributed by atoms with Crippen LogP contribution < -0.4 is 14.9 Å². The summed E-state index contributed by atoms with van der Waals surface area (Å²) in [6.45, 7) is 3.74. The summed E-state index contributed by atoms with van der Waals surface area (Å²) in [7, 11) is 0. The number of hydrogen-bond acceptors (Lipinski definition) is 6. The Bertz CT molecular complexity index is 853. The second kappa shape index (κ2) is 9.54. The number of amides is 1. The van der Waals surface area contributed by atoms with E-state index in [1.165, 1.54) is 25.3 Å². The predicted octanol–water partition coefficient (Wildman–Crippen LogP) is 3.70. The lowest BCUT2D eigenvalue weighted by molar-refractivity contribution is -0.384. The molecule has 0 aliphatic heterocycles. The third-order valence-electron chi connectivity index (χ3n) is 3.30. The summed E-state index contributed by atoms with van der Waals surface area (Å²) < 4.78 is 11.3. The van der Waals surface area contributed by atoms with Crippen molar-refractivity contribution in [2.75, 3.05) is 6.61 Å². The number of carbonyl (C=O) groups excluding carboxylic acids is 1. The lowest BCUT2D eigenvalue weighted by atomic mass is 10.2. The number of halogens is 1. The highest BCUT2D eigenvalue weighted by Gasteiger charge is 2.13. The summed E-state index contributed by atoms with van der Waals surface area (Å²) in [5.74, 6) is 0.496. The van der Waals surface area contributed by atoms with Crippen LogP contribution in [0.25, 0.3) is 0 Å². The Morgan fingerprint density at radius 1 is 1.30 bits per heavy atom. The highest BCUT2D eigenvalue weighted by atomic mass is 35.5. The normalized spacial score (nSPS) is 10.6. The molecule has 2 aromatic rings. The second-order valence-corrected chi connectivity index (χ2v) is 5.81. The highest BCUT2D eigenvalue weighted by Crippen LogP contribution is 2.37. The van der Waals surface area contributed by atoms with E-state index >= 15 is 0 Å². The van der Waals surface area contributed by atoms with Crippen LogP contribution in [0.2, 0.25) is 5.02 Å². The average molecular weight is 392 g/mol. The van der Waals surface area contributed by atoms with Gasteiger partial charge in [-0.15, -0.1) is 0 Å². The van der Waals surface area contributed by atoms with E-state index in [9.17, 15) is 14.9 Å². The van der Waals surface area contributed by atoms with Crippen molar-refractivity contribution in [1.82, 2.24) is 5.43 Å². The predicted molar refractivity (Wildman–Crippen MR) is 101 cm³/mol. The molecular formula is C18H18ClN3O5. The van der Waals surface area contributed by atoms with Gasteiger partial charge in [-0.1, -0.05) is 11.6 Å². The molecule has 1 amide bonds. The van der Waals surface area contributed by atoms with Crippen molar-refractivity contribution in [2.24, 2.45) is 5.10 Å². The number of nitrogens with one attached hydrogen (secondary N) is 1. The summed E-state index contributed by atoms with van der Waals surface area (Å²) in [5.41, 5.74) is 3.69. The molecule has 0 aliphatic rings. The number of benzene rings is 2. The quantitative estimate of drug-likeness (QED) is 0.420. The maximum absolute atomic E-state index is 10.9. The Hall–Kier alpha value is -3.13. The number of rotatable bonds is 8. The Morgan fingerprint density at radius 2 is 2.00 bits per heavy atom. The first kappa shape index (κ1) is 20.2. The van der Waals surface area contributed by atoms with Crippen LogP contribution in [0.4, 0.5) is 5.69 Å². The van der Waals surface area contributed by atoms with Crippen LogP contribution in [-0.2, 0) is 11.4 Å². The first-order valence-corrected chi connectivity index (χ1v) is 8.40. The van der Waals surface area contributed by atoms with E-state index in [1.807, 2.05) is 6.92 Å². The zero-order valence-corrected chi connectivity index (χ0v) is 15.5. The van der Waals surface area contributed by atoms with E-state index in [1.54, 1.807) is 24.3 Å². The number of hydrazone groups is 1. The molecule has 0 heterocycles. The van der Waals surface area contributed by atoms with E-state index < -0.39 is 4.92 Å².